The molecule has 0 radical (unpaired) electrons. The Morgan fingerprint density at radius 3 is 2.61 bits per heavy atom. The Bertz CT molecular complexity index is 1200. The summed E-state index contributed by atoms with van der Waals surface area (Å²) in [5.41, 5.74) is 2.96. The maximum Gasteiger partial charge on any atom is 0.236 e. The number of nitrogens with one attached hydrogen (secondary N) is 1. The SMILES string of the molecule is CCn1c(SCC(=O)Nc2nnc(-c3ccc(C)cc3)s2)nnc1-c1ccccc1Cl. The molecule has 1 amide bonds. The van der Waals surface area contributed by atoms with Crippen LogP contribution in [0.1, 0.15) is 12.5 Å². The van der Waals surface area contributed by atoms with Crippen LogP contribution in [0.3, 0.4) is 0 Å². The van der Waals surface area contributed by atoms with Gasteiger partial charge in [-0.1, -0.05) is 76.7 Å². The van der Waals surface area contributed by atoms with Crippen LogP contribution in [0.4, 0.5) is 5.13 Å². The molecule has 0 saturated heterocycles. The van der Waals surface area contributed by atoms with Crippen LogP contribution in [-0.4, -0.2) is 36.6 Å². The summed E-state index contributed by atoms with van der Waals surface area (Å²) < 4.78 is 1.94. The molecular formula is C21H19ClN6OS2. The molecule has 0 saturated carbocycles. The van der Waals surface area contributed by atoms with E-state index in [1.807, 2.05) is 66.9 Å². The largest absolute Gasteiger partial charge is 0.302 e. The molecule has 10 heteroatoms. The lowest BCUT2D eigenvalue weighted by Crippen LogP contribution is -2.14. The standard InChI is InChI=1S/C21H19ClN6OS2/c1-3-28-18(15-6-4-5-7-16(15)22)24-27-21(28)30-12-17(29)23-20-26-25-19(31-20)14-10-8-13(2)9-11-14/h4-11H,3,12H2,1-2H3,(H,23,26,29). The third-order valence-electron chi connectivity index (χ3n) is 4.45. The Labute approximate surface area is 192 Å². The molecule has 0 fully saturated rings. The van der Waals surface area contributed by atoms with E-state index in [-0.39, 0.29) is 11.7 Å². The average Bonchev–Trinajstić information content (AvgIpc) is 3.40. The first-order chi connectivity index (χ1) is 15.0. The van der Waals surface area contributed by atoms with Crippen molar-refractivity contribution in [3.63, 3.8) is 0 Å². The Kier molecular flexibility index (Phi) is 6.64. The van der Waals surface area contributed by atoms with Gasteiger partial charge in [0.2, 0.25) is 11.0 Å². The second-order valence-electron chi connectivity index (χ2n) is 6.65. The molecule has 1 N–H and O–H groups in total. The van der Waals surface area contributed by atoms with Gasteiger partial charge in [-0.3, -0.25) is 10.1 Å². The van der Waals surface area contributed by atoms with Crippen LogP contribution in [0.15, 0.2) is 53.7 Å². The van der Waals surface area contributed by atoms with E-state index in [1.165, 1.54) is 28.7 Å². The third kappa shape index (κ3) is 4.95. The highest BCUT2D eigenvalue weighted by Gasteiger charge is 2.17. The van der Waals surface area contributed by atoms with Gasteiger partial charge in [-0.2, -0.15) is 0 Å². The number of rotatable bonds is 7. The number of aromatic nitrogens is 5. The Hall–Kier alpha value is -2.75. The Morgan fingerprint density at radius 1 is 1.10 bits per heavy atom. The lowest BCUT2D eigenvalue weighted by Gasteiger charge is -2.08. The van der Waals surface area contributed by atoms with Crippen LogP contribution < -0.4 is 5.32 Å². The van der Waals surface area contributed by atoms with Crippen LogP contribution in [-0.2, 0) is 11.3 Å². The number of halogens is 1. The number of nitrogens with zero attached hydrogens (tertiary/aromatic N) is 5. The summed E-state index contributed by atoms with van der Waals surface area (Å²) >= 11 is 8.96. The highest BCUT2D eigenvalue weighted by atomic mass is 35.5. The first-order valence-electron chi connectivity index (χ1n) is 9.56. The van der Waals surface area contributed by atoms with Gasteiger partial charge in [-0.05, 0) is 26.0 Å². The van der Waals surface area contributed by atoms with Gasteiger partial charge in [0.1, 0.15) is 5.01 Å². The summed E-state index contributed by atoms with van der Waals surface area (Å²) in [7, 11) is 0. The molecule has 2 heterocycles. The molecule has 0 bridgehead atoms. The summed E-state index contributed by atoms with van der Waals surface area (Å²) in [6, 6.07) is 15.5. The summed E-state index contributed by atoms with van der Waals surface area (Å²) in [6.07, 6.45) is 0. The van der Waals surface area contributed by atoms with E-state index in [4.69, 9.17) is 11.6 Å². The van der Waals surface area contributed by atoms with Gasteiger partial charge in [0.25, 0.3) is 0 Å². The number of benzene rings is 2. The number of hydrogen-bond donors (Lipinski definition) is 1. The molecule has 0 atom stereocenters. The minimum atomic E-state index is -0.179. The quantitative estimate of drug-likeness (QED) is 0.375. The third-order valence-corrected chi connectivity index (χ3v) is 6.63. The molecule has 0 aliphatic heterocycles. The number of carbonyl (C=O) groups excluding carboxylic acids is 1. The maximum absolute atomic E-state index is 12.4. The fourth-order valence-electron chi connectivity index (χ4n) is 2.89. The van der Waals surface area contributed by atoms with Gasteiger partial charge in [0.15, 0.2) is 11.0 Å². The lowest BCUT2D eigenvalue weighted by molar-refractivity contribution is -0.113. The topological polar surface area (TPSA) is 85.6 Å². The van der Waals surface area contributed by atoms with E-state index >= 15 is 0 Å². The van der Waals surface area contributed by atoms with Crippen molar-refractivity contribution >= 4 is 45.7 Å². The van der Waals surface area contributed by atoms with Gasteiger partial charge in [0.05, 0.1) is 10.8 Å². The summed E-state index contributed by atoms with van der Waals surface area (Å²) in [5, 5.41) is 22.1. The van der Waals surface area contributed by atoms with Crippen molar-refractivity contribution in [2.24, 2.45) is 0 Å². The number of carbonyl (C=O) groups is 1. The van der Waals surface area contributed by atoms with Crippen LogP contribution in [0.2, 0.25) is 5.02 Å². The zero-order valence-corrected chi connectivity index (χ0v) is 19.3. The first-order valence-corrected chi connectivity index (χ1v) is 11.7. The van der Waals surface area contributed by atoms with Crippen molar-refractivity contribution in [2.45, 2.75) is 25.5 Å². The predicted molar refractivity (Wildman–Crippen MR) is 126 cm³/mol. The molecular weight excluding hydrogens is 452 g/mol. The number of hydrogen-bond acceptors (Lipinski definition) is 7. The van der Waals surface area contributed by atoms with Crippen LogP contribution >= 0.6 is 34.7 Å². The molecule has 2 aromatic carbocycles. The van der Waals surface area contributed by atoms with Crippen molar-refractivity contribution in [2.75, 3.05) is 11.1 Å². The minimum absolute atomic E-state index is 0.179. The molecule has 0 aliphatic rings. The van der Waals surface area contributed by atoms with Gasteiger partial charge in [-0.15, -0.1) is 20.4 Å². The fraction of sp³-hybridized carbons (Fsp3) is 0.190. The molecule has 31 heavy (non-hydrogen) atoms. The van der Waals surface area contributed by atoms with Crippen molar-refractivity contribution in [3.05, 3.63) is 59.1 Å². The number of anilines is 1. The van der Waals surface area contributed by atoms with Crippen molar-refractivity contribution in [1.29, 1.82) is 0 Å². The number of amides is 1. The van der Waals surface area contributed by atoms with Crippen molar-refractivity contribution in [1.82, 2.24) is 25.0 Å². The zero-order chi connectivity index (χ0) is 21.8. The van der Waals surface area contributed by atoms with Crippen LogP contribution in [0.5, 0.6) is 0 Å². The Morgan fingerprint density at radius 2 is 1.87 bits per heavy atom. The highest BCUT2D eigenvalue weighted by Crippen LogP contribution is 2.30. The maximum atomic E-state index is 12.4. The summed E-state index contributed by atoms with van der Waals surface area (Å²) in [4.78, 5) is 12.4. The normalized spacial score (nSPS) is 10.9. The number of thioether (sulfide) groups is 1. The van der Waals surface area contributed by atoms with E-state index < -0.39 is 0 Å². The Balaban J connectivity index is 1.41. The predicted octanol–water partition coefficient (Wildman–Crippen LogP) is 5.18. The molecule has 7 nitrogen and oxygen atoms in total. The van der Waals surface area contributed by atoms with Gasteiger partial charge >= 0.3 is 0 Å². The minimum Gasteiger partial charge on any atom is -0.302 e. The second-order valence-corrected chi connectivity index (χ2v) is 8.97. The molecule has 0 spiro atoms. The fourth-order valence-corrected chi connectivity index (χ4v) is 4.68. The van der Waals surface area contributed by atoms with Crippen molar-refractivity contribution in [3.8, 4) is 22.0 Å². The second kappa shape index (κ2) is 9.59. The highest BCUT2D eigenvalue weighted by molar-refractivity contribution is 7.99. The van der Waals surface area contributed by atoms with E-state index in [2.05, 4.69) is 25.7 Å². The van der Waals surface area contributed by atoms with E-state index in [9.17, 15) is 4.79 Å². The molecule has 4 rings (SSSR count). The molecule has 0 aliphatic carbocycles. The monoisotopic (exact) mass is 470 g/mol. The summed E-state index contributed by atoms with van der Waals surface area (Å²) in [6.45, 7) is 4.69. The lowest BCUT2D eigenvalue weighted by atomic mass is 10.2. The van der Waals surface area contributed by atoms with E-state index in [0.29, 0.717) is 27.7 Å². The van der Waals surface area contributed by atoms with Gasteiger partial charge in [-0.25, -0.2) is 0 Å². The van der Waals surface area contributed by atoms with Crippen molar-refractivity contribution < 1.29 is 4.79 Å². The smallest absolute Gasteiger partial charge is 0.236 e. The molecule has 158 valence electrons. The molecule has 0 unspecified atom stereocenters. The van der Waals surface area contributed by atoms with Gasteiger partial charge in [0, 0.05) is 17.7 Å². The summed E-state index contributed by atoms with van der Waals surface area (Å²) in [5.74, 6) is 0.685. The van der Waals surface area contributed by atoms with E-state index in [1.54, 1.807) is 0 Å². The molecule has 2 aromatic heterocycles. The van der Waals surface area contributed by atoms with Crippen LogP contribution in [0, 0.1) is 6.92 Å². The van der Waals surface area contributed by atoms with Gasteiger partial charge < -0.3 is 4.57 Å². The van der Waals surface area contributed by atoms with Crippen LogP contribution in [0.25, 0.3) is 22.0 Å². The number of aryl methyl sites for hydroxylation is 1. The zero-order valence-electron chi connectivity index (χ0n) is 16.9. The average molecular weight is 471 g/mol. The van der Waals surface area contributed by atoms with E-state index in [0.717, 1.165) is 16.1 Å². The first kappa shape index (κ1) is 21.5. The molecule has 4 aromatic rings.